The van der Waals surface area contributed by atoms with Gasteiger partial charge >= 0.3 is 12.1 Å². The first kappa shape index (κ1) is 33.1. The Morgan fingerprint density at radius 1 is 0.854 bits per heavy atom. The molecule has 0 fully saturated rings. The minimum absolute atomic E-state index is 0.0307. The molecule has 3 atom stereocenters. The highest BCUT2D eigenvalue weighted by Crippen LogP contribution is 2.11. The number of rotatable bonds is 15. The first-order valence-corrected chi connectivity index (χ1v) is 13.8. The van der Waals surface area contributed by atoms with Crippen LogP contribution in [0.25, 0.3) is 0 Å². The van der Waals surface area contributed by atoms with Gasteiger partial charge in [0.05, 0.1) is 25.1 Å². The van der Waals surface area contributed by atoms with Gasteiger partial charge in [0.25, 0.3) is 0 Å². The topological polar surface area (TPSA) is 163 Å². The normalized spacial score (nSPS) is 13.1. The van der Waals surface area contributed by atoms with Crippen LogP contribution in [0.2, 0.25) is 0 Å². The van der Waals surface area contributed by atoms with Gasteiger partial charge in [-0.2, -0.15) is 0 Å². The first-order valence-electron chi connectivity index (χ1n) is 13.8. The molecule has 0 aliphatic heterocycles. The molecule has 0 unspecified atom stereocenters. The van der Waals surface area contributed by atoms with Crippen LogP contribution < -0.4 is 21.7 Å². The smallest absolute Gasteiger partial charge is 0.408 e. The van der Waals surface area contributed by atoms with Gasteiger partial charge in [-0.15, -0.1) is 0 Å². The summed E-state index contributed by atoms with van der Waals surface area (Å²) < 4.78 is 5.20. The van der Waals surface area contributed by atoms with Crippen molar-refractivity contribution in [3.63, 3.8) is 0 Å². The lowest BCUT2D eigenvalue weighted by molar-refractivity contribution is -0.128. The van der Waals surface area contributed by atoms with E-state index in [2.05, 4.69) is 16.0 Å². The number of carbonyl (C=O) groups is 4. The second kappa shape index (κ2) is 16.9. The number of nitrogens with two attached hydrogens (primary N) is 1. The predicted octanol–water partition coefficient (Wildman–Crippen LogP) is 2.32. The Balaban J connectivity index is 2.20. The van der Waals surface area contributed by atoms with E-state index < -0.39 is 42.5 Å². The van der Waals surface area contributed by atoms with E-state index in [0.29, 0.717) is 6.54 Å². The molecule has 224 valence electrons. The van der Waals surface area contributed by atoms with Crippen LogP contribution in [-0.4, -0.2) is 71.3 Å². The number of aliphatic hydroxyl groups excluding tert-OH is 1. The zero-order valence-corrected chi connectivity index (χ0v) is 24.2. The molecule has 2 rings (SSSR count). The summed E-state index contributed by atoms with van der Waals surface area (Å²) in [6.45, 7) is 7.91. The summed E-state index contributed by atoms with van der Waals surface area (Å²) in [6, 6.07) is 15.6. The molecule has 2 aromatic rings. The van der Waals surface area contributed by atoms with Crippen molar-refractivity contribution in [2.45, 2.75) is 71.4 Å². The molecular formula is C30H43N5O6. The zero-order valence-electron chi connectivity index (χ0n) is 24.2. The Kier molecular flexibility index (Phi) is 13.6. The molecule has 6 N–H and O–H groups in total. The highest BCUT2D eigenvalue weighted by molar-refractivity contribution is 5.90. The number of benzene rings is 2. The Morgan fingerprint density at radius 2 is 1.44 bits per heavy atom. The van der Waals surface area contributed by atoms with Crippen LogP contribution in [0.3, 0.4) is 0 Å². The molecule has 0 bridgehead atoms. The SMILES string of the molecule is CC(C)CN(C[C@H](O)[C@H](Cc1ccccc1)NC(=O)[C@H](CC(N)=O)NC(=O)OCc1ccccc1)C(=O)NC(C)C. The summed E-state index contributed by atoms with van der Waals surface area (Å²) in [7, 11) is 0. The summed E-state index contributed by atoms with van der Waals surface area (Å²) in [5.41, 5.74) is 6.94. The largest absolute Gasteiger partial charge is 0.445 e. The molecule has 0 aliphatic carbocycles. The van der Waals surface area contributed by atoms with E-state index in [0.717, 1.165) is 11.1 Å². The van der Waals surface area contributed by atoms with Gasteiger partial charge in [0.2, 0.25) is 11.8 Å². The van der Waals surface area contributed by atoms with Crippen LogP contribution in [0.15, 0.2) is 60.7 Å². The van der Waals surface area contributed by atoms with E-state index in [1.165, 1.54) is 4.90 Å². The van der Waals surface area contributed by atoms with Crippen LogP contribution in [-0.2, 0) is 27.4 Å². The van der Waals surface area contributed by atoms with Gasteiger partial charge in [0.15, 0.2) is 0 Å². The van der Waals surface area contributed by atoms with Crippen molar-refractivity contribution >= 4 is 23.9 Å². The minimum Gasteiger partial charge on any atom is -0.445 e. The number of aliphatic hydroxyl groups is 1. The summed E-state index contributed by atoms with van der Waals surface area (Å²) in [5, 5.41) is 19.3. The quantitative estimate of drug-likeness (QED) is 0.221. The predicted molar refractivity (Wildman–Crippen MR) is 156 cm³/mol. The highest BCUT2D eigenvalue weighted by atomic mass is 16.5. The number of alkyl carbamates (subject to hydrolysis) is 1. The molecule has 0 aliphatic rings. The minimum atomic E-state index is -1.34. The summed E-state index contributed by atoms with van der Waals surface area (Å²) in [5.74, 6) is -1.39. The summed E-state index contributed by atoms with van der Waals surface area (Å²) in [4.78, 5) is 51.9. The van der Waals surface area contributed by atoms with Gasteiger partial charge in [-0.1, -0.05) is 74.5 Å². The molecule has 0 saturated carbocycles. The molecule has 41 heavy (non-hydrogen) atoms. The van der Waals surface area contributed by atoms with Crippen LogP contribution in [0.1, 0.15) is 45.2 Å². The number of primary amides is 1. The van der Waals surface area contributed by atoms with Crippen molar-refractivity contribution < 1.29 is 29.0 Å². The van der Waals surface area contributed by atoms with Gasteiger partial charge in [0.1, 0.15) is 12.6 Å². The molecule has 5 amide bonds. The zero-order chi connectivity index (χ0) is 30.4. The Morgan fingerprint density at radius 3 is 1.98 bits per heavy atom. The standard InChI is InChI=1S/C30H43N5O6/c1-20(2)17-35(29(39)32-21(3)4)18-26(36)24(15-22-11-7-5-8-12-22)33-28(38)25(16-27(31)37)34-30(40)41-19-23-13-9-6-10-14-23/h5-14,20-21,24-26,36H,15-19H2,1-4H3,(H2,31,37)(H,32,39)(H,33,38)(H,34,40)/t24-,25-,26-/m0/s1. The molecule has 11 nitrogen and oxygen atoms in total. The van der Waals surface area contributed by atoms with E-state index in [9.17, 15) is 24.3 Å². The van der Waals surface area contributed by atoms with Crippen molar-refractivity contribution in [1.29, 1.82) is 0 Å². The number of hydrogen-bond donors (Lipinski definition) is 5. The van der Waals surface area contributed by atoms with Crippen molar-refractivity contribution in [1.82, 2.24) is 20.9 Å². The third-order valence-electron chi connectivity index (χ3n) is 6.01. The average molecular weight is 570 g/mol. The summed E-state index contributed by atoms with van der Waals surface area (Å²) in [6.07, 6.45) is -2.31. The van der Waals surface area contributed by atoms with Crippen molar-refractivity contribution in [3.8, 4) is 0 Å². The molecule has 11 heteroatoms. The maximum Gasteiger partial charge on any atom is 0.408 e. The van der Waals surface area contributed by atoms with Gasteiger partial charge in [-0.3, -0.25) is 9.59 Å². The van der Waals surface area contributed by atoms with Gasteiger partial charge in [-0.25, -0.2) is 9.59 Å². The lowest BCUT2D eigenvalue weighted by Gasteiger charge is -2.32. The van der Waals surface area contributed by atoms with E-state index in [-0.39, 0.29) is 37.6 Å². The molecule has 0 radical (unpaired) electrons. The van der Waals surface area contributed by atoms with Crippen LogP contribution in [0.4, 0.5) is 9.59 Å². The van der Waals surface area contributed by atoms with E-state index >= 15 is 0 Å². The number of nitrogens with one attached hydrogen (secondary N) is 3. The van der Waals surface area contributed by atoms with Crippen LogP contribution in [0.5, 0.6) is 0 Å². The molecule has 0 spiro atoms. The molecule has 2 aromatic carbocycles. The lowest BCUT2D eigenvalue weighted by atomic mass is 9.99. The molecule has 0 heterocycles. The number of amides is 5. The van der Waals surface area contributed by atoms with Crippen molar-refractivity contribution in [2.75, 3.05) is 13.1 Å². The Hall–Kier alpha value is -4.12. The third-order valence-corrected chi connectivity index (χ3v) is 6.01. The third kappa shape index (κ3) is 12.7. The van der Waals surface area contributed by atoms with Gasteiger partial charge in [0, 0.05) is 12.6 Å². The number of hydrogen-bond acceptors (Lipinski definition) is 6. The lowest BCUT2D eigenvalue weighted by Crippen LogP contribution is -2.57. The van der Waals surface area contributed by atoms with Crippen molar-refractivity contribution in [2.24, 2.45) is 11.7 Å². The number of carbonyl (C=O) groups excluding carboxylic acids is 4. The summed E-state index contributed by atoms with van der Waals surface area (Å²) >= 11 is 0. The Bertz CT molecular complexity index is 1110. The fourth-order valence-electron chi connectivity index (χ4n) is 4.12. The molecule has 0 aromatic heterocycles. The fourth-order valence-corrected chi connectivity index (χ4v) is 4.12. The molecular weight excluding hydrogens is 526 g/mol. The van der Waals surface area contributed by atoms with E-state index in [4.69, 9.17) is 10.5 Å². The number of ether oxygens (including phenoxy) is 1. The monoisotopic (exact) mass is 569 g/mol. The number of nitrogens with zero attached hydrogens (tertiary/aromatic N) is 1. The number of urea groups is 1. The first-order chi connectivity index (χ1) is 19.4. The van der Waals surface area contributed by atoms with Gasteiger partial charge < -0.3 is 36.4 Å². The van der Waals surface area contributed by atoms with E-state index in [1.807, 2.05) is 64.1 Å². The van der Waals surface area contributed by atoms with Gasteiger partial charge in [-0.05, 0) is 37.3 Å². The van der Waals surface area contributed by atoms with Crippen LogP contribution in [0, 0.1) is 5.92 Å². The van der Waals surface area contributed by atoms with E-state index in [1.54, 1.807) is 24.3 Å². The fraction of sp³-hybridized carbons (Fsp3) is 0.467. The van der Waals surface area contributed by atoms with Crippen molar-refractivity contribution in [3.05, 3.63) is 71.8 Å². The Labute approximate surface area is 241 Å². The maximum absolute atomic E-state index is 13.3. The second-order valence-electron chi connectivity index (χ2n) is 10.7. The second-order valence-corrected chi connectivity index (χ2v) is 10.7. The average Bonchev–Trinajstić information content (AvgIpc) is 2.91. The van der Waals surface area contributed by atoms with Crippen LogP contribution >= 0.6 is 0 Å². The maximum atomic E-state index is 13.3. The highest BCUT2D eigenvalue weighted by Gasteiger charge is 2.31. The molecule has 0 saturated heterocycles.